The van der Waals surface area contributed by atoms with Gasteiger partial charge in [0.25, 0.3) is 0 Å². The Labute approximate surface area is 103 Å². The maximum atomic E-state index is 11.5. The highest BCUT2D eigenvalue weighted by Gasteiger charge is 2.13. The summed E-state index contributed by atoms with van der Waals surface area (Å²) >= 11 is 0. The van der Waals surface area contributed by atoms with Crippen molar-refractivity contribution in [1.82, 2.24) is 0 Å². The number of aryl methyl sites for hydroxylation is 2. The first-order valence-electron chi connectivity index (χ1n) is 5.76. The summed E-state index contributed by atoms with van der Waals surface area (Å²) in [6.45, 7) is 9.65. The number of rotatable bonds is 2. The van der Waals surface area contributed by atoms with Crippen LogP contribution in [0.2, 0.25) is 0 Å². The van der Waals surface area contributed by atoms with Gasteiger partial charge >= 0.3 is 5.97 Å². The molecule has 0 amide bonds. The number of carbonyl (C=O) groups is 1. The van der Waals surface area contributed by atoms with Crippen LogP contribution in [0.1, 0.15) is 37.5 Å². The van der Waals surface area contributed by atoms with Gasteiger partial charge in [-0.1, -0.05) is 23.8 Å². The largest absolute Gasteiger partial charge is 0.457 e. The Bertz CT molecular complexity index is 437. The number of hydrogen-bond donors (Lipinski definition) is 0. The molecule has 0 aliphatic heterocycles. The molecule has 0 N–H and O–H groups in total. The Kier molecular flexibility index (Phi) is 4.11. The first-order valence-corrected chi connectivity index (χ1v) is 5.76. The van der Waals surface area contributed by atoms with E-state index < -0.39 is 5.60 Å². The normalized spacial score (nSPS) is 11.8. The van der Waals surface area contributed by atoms with E-state index in [0.717, 1.165) is 11.1 Å². The van der Waals surface area contributed by atoms with Crippen molar-refractivity contribution < 1.29 is 9.53 Å². The minimum absolute atomic E-state index is 0.308. The molecular formula is C15H20O2. The standard InChI is InChI=1S/C15H20O2/c1-11-6-7-13(12(2)10-11)8-9-14(16)17-15(3,4)5/h6-10H,1-5H3/b9-8+. The summed E-state index contributed by atoms with van der Waals surface area (Å²) in [6, 6.07) is 6.13. The lowest BCUT2D eigenvalue weighted by molar-refractivity contribution is -0.148. The molecule has 0 bridgehead atoms. The van der Waals surface area contributed by atoms with E-state index in [9.17, 15) is 4.79 Å². The third kappa shape index (κ3) is 4.85. The van der Waals surface area contributed by atoms with Crippen LogP contribution >= 0.6 is 0 Å². The second-order valence-electron chi connectivity index (χ2n) is 5.23. The van der Waals surface area contributed by atoms with Crippen LogP contribution in [0.3, 0.4) is 0 Å². The van der Waals surface area contributed by atoms with Crippen LogP contribution in [-0.4, -0.2) is 11.6 Å². The molecule has 2 heteroatoms. The molecule has 0 heterocycles. The molecule has 92 valence electrons. The lowest BCUT2D eigenvalue weighted by Gasteiger charge is -2.17. The summed E-state index contributed by atoms with van der Waals surface area (Å²) in [5, 5.41) is 0. The summed E-state index contributed by atoms with van der Waals surface area (Å²) in [4.78, 5) is 11.5. The van der Waals surface area contributed by atoms with Gasteiger partial charge in [-0.3, -0.25) is 0 Å². The lowest BCUT2D eigenvalue weighted by atomic mass is 10.1. The van der Waals surface area contributed by atoms with E-state index in [1.807, 2.05) is 46.8 Å². The fourth-order valence-corrected chi connectivity index (χ4v) is 1.51. The van der Waals surface area contributed by atoms with E-state index in [2.05, 4.69) is 6.07 Å². The Morgan fingerprint density at radius 1 is 1.24 bits per heavy atom. The minimum atomic E-state index is -0.441. The van der Waals surface area contributed by atoms with Crippen molar-refractivity contribution >= 4 is 12.0 Å². The van der Waals surface area contributed by atoms with Crippen molar-refractivity contribution in [3.05, 3.63) is 41.0 Å². The van der Waals surface area contributed by atoms with Crippen LogP contribution in [0.5, 0.6) is 0 Å². The molecule has 0 spiro atoms. The zero-order chi connectivity index (χ0) is 13.1. The molecule has 0 aliphatic carbocycles. The van der Waals surface area contributed by atoms with Gasteiger partial charge in [0.1, 0.15) is 5.60 Å². The molecular weight excluding hydrogens is 212 g/mol. The van der Waals surface area contributed by atoms with E-state index in [1.54, 1.807) is 6.08 Å². The van der Waals surface area contributed by atoms with Gasteiger partial charge in [-0.05, 0) is 51.8 Å². The number of benzene rings is 1. The van der Waals surface area contributed by atoms with Gasteiger partial charge < -0.3 is 4.74 Å². The van der Waals surface area contributed by atoms with Crippen LogP contribution in [0.25, 0.3) is 6.08 Å². The Balaban J connectivity index is 2.74. The topological polar surface area (TPSA) is 26.3 Å². The maximum Gasteiger partial charge on any atom is 0.331 e. The highest BCUT2D eigenvalue weighted by Crippen LogP contribution is 2.13. The van der Waals surface area contributed by atoms with E-state index in [-0.39, 0.29) is 5.97 Å². The molecule has 0 aliphatic rings. The average molecular weight is 232 g/mol. The molecule has 0 saturated carbocycles. The fourth-order valence-electron chi connectivity index (χ4n) is 1.51. The molecule has 1 rings (SSSR count). The molecule has 1 aromatic carbocycles. The molecule has 0 atom stereocenters. The molecule has 0 radical (unpaired) electrons. The summed E-state index contributed by atoms with van der Waals surface area (Å²) in [7, 11) is 0. The van der Waals surface area contributed by atoms with Gasteiger partial charge in [-0.15, -0.1) is 0 Å². The van der Waals surface area contributed by atoms with Crippen molar-refractivity contribution in [2.24, 2.45) is 0 Å². The maximum absolute atomic E-state index is 11.5. The van der Waals surface area contributed by atoms with Gasteiger partial charge in [-0.2, -0.15) is 0 Å². The Hall–Kier alpha value is -1.57. The molecule has 0 fully saturated rings. The van der Waals surface area contributed by atoms with Gasteiger partial charge in [0.2, 0.25) is 0 Å². The SMILES string of the molecule is Cc1ccc(/C=C/C(=O)OC(C)(C)C)c(C)c1. The van der Waals surface area contributed by atoms with Gasteiger partial charge in [-0.25, -0.2) is 4.79 Å². The van der Waals surface area contributed by atoms with E-state index in [4.69, 9.17) is 4.74 Å². The lowest BCUT2D eigenvalue weighted by Crippen LogP contribution is -2.22. The Morgan fingerprint density at radius 3 is 2.41 bits per heavy atom. The first kappa shape index (κ1) is 13.5. The van der Waals surface area contributed by atoms with E-state index >= 15 is 0 Å². The summed E-state index contributed by atoms with van der Waals surface area (Å²) in [6.07, 6.45) is 3.27. The number of ether oxygens (including phenoxy) is 1. The average Bonchev–Trinajstić information content (AvgIpc) is 2.13. The van der Waals surface area contributed by atoms with Crippen molar-refractivity contribution in [1.29, 1.82) is 0 Å². The highest BCUT2D eigenvalue weighted by molar-refractivity contribution is 5.87. The molecule has 1 aromatic rings. The van der Waals surface area contributed by atoms with Crippen molar-refractivity contribution in [3.63, 3.8) is 0 Å². The summed E-state index contributed by atoms with van der Waals surface area (Å²) in [5.41, 5.74) is 2.98. The fraction of sp³-hybridized carbons (Fsp3) is 0.400. The predicted molar refractivity (Wildman–Crippen MR) is 70.8 cm³/mol. The van der Waals surface area contributed by atoms with E-state index in [1.165, 1.54) is 11.6 Å². The molecule has 2 nitrogen and oxygen atoms in total. The number of hydrogen-bond acceptors (Lipinski definition) is 2. The van der Waals surface area contributed by atoms with Crippen LogP contribution in [0.4, 0.5) is 0 Å². The Morgan fingerprint density at radius 2 is 1.88 bits per heavy atom. The van der Waals surface area contributed by atoms with Gasteiger partial charge in [0, 0.05) is 6.08 Å². The van der Waals surface area contributed by atoms with Crippen LogP contribution in [-0.2, 0) is 9.53 Å². The second-order valence-corrected chi connectivity index (χ2v) is 5.23. The second kappa shape index (κ2) is 5.17. The first-order chi connectivity index (χ1) is 7.78. The zero-order valence-electron chi connectivity index (χ0n) is 11.2. The van der Waals surface area contributed by atoms with E-state index in [0.29, 0.717) is 0 Å². The van der Waals surface area contributed by atoms with Crippen LogP contribution < -0.4 is 0 Å². The van der Waals surface area contributed by atoms with Crippen molar-refractivity contribution in [2.75, 3.05) is 0 Å². The zero-order valence-corrected chi connectivity index (χ0v) is 11.2. The minimum Gasteiger partial charge on any atom is -0.457 e. The van der Waals surface area contributed by atoms with Crippen LogP contribution in [0.15, 0.2) is 24.3 Å². The quantitative estimate of drug-likeness (QED) is 0.574. The van der Waals surface area contributed by atoms with Gasteiger partial charge in [0.05, 0.1) is 0 Å². The molecule has 0 unspecified atom stereocenters. The molecule has 0 saturated heterocycles. The molecule has 0 aromatic heterocycles. The summed E-state index contributed by atoms with van der Waals surface area (Å²) < 4.78 is 5.20. The molecule has 17 heavy (non-hydrogen) atoms. The van der Waals surface area contributed by atoms with Crippen molar-refractivity contribution in [3.8, 4) is 0 Å². The third-order valence-electron chi connectivity index (χ3n) is 2.23. The van der Waals surface area contributed by atoms with Crippen molar-refractivity contribution in [2.45, 2.75) is 40.2 Å². The summed E-state index contributed by atoms with van der Waals surface area (Å²) in [5.74, 6) is -0.308. The van der Waals surface area contributed by atoms with Gasteiger partial charge in [0.15, 0.2) is 0 Å². The van der Waals surface area contributed by atoms with Crippen LogP contribution in [0, 0.1) is 13.8 Å². The predicted octanol–water partition coefficient (Wildman–Crippen LogP) is 3.66. The monoisotopic (exact) mass is 232 g/mol. The third-order valence-corrected chi connectivity index (χ3v) is 2.23. The highest BCUT2D eigenvalue weighted by atomic mass is 16.6. The number of esters is 1. The smallest absolute Gasteiger partial charge is 0.331 e. The number of carbonyl (C=O) groups excluding carboxylic acids is 1.